The summed E-state index contributed by atoms with van der Waals surface area (Å²) >= 11 is 0. The first-order valence-electron chi connectivity index (χ1n) is 11.1. The van der Waals surface area contributed by atoms with Crippen LogP contribution in [-0.4, -0.2) is 30.5 Å². The molecule has 2 bridgehead atoms. The smallest absolute Gasteiger partial charge is 0.266 e. The Kier molecular flexibility index (Phi) is 4.44. The van der Waals surface area contributed by atoms with Crippen LogP contribution in [0.3, 0.4) is 0 Å². The summed E-state index contributed by atoms with van der Waals surface area (Å²) in [6, 6.07) is 11.2. The summed E-state index contributed by atoms with van der Waals surface area (Å²) in [6.45, 7) is 4.01. The molecule has 7 nitrogen and oxygen atoms in total. The fourth-order valence-corrected chi connectivity index (χ4v) is 5.97. The molecule has 0 aliphatic heterocycles. The van der Waals surface area contributed by atoms with E-state index < -0.39 is 17.0 Å². The average molecular weight is 461 g/mol. The lowest BCUT2D eigenvalue weighted by Crippen LogP contribution is -2.37. The van der Waals surface area contributed by atoms with Crippen LogP contribution in [0.5, 0.6) is 0 Å². The molecule has 172 valence electrons. The zero-order valence-electron chi connectivity index (χ0n) is 18.6. The Balaban J connectivity index is 1.51. The van der Waals surface area contributed by atoms with Crippen LogP contribution in [0.2, 0.25) is 0 Å². The minimum atomic E-state index is -0.664. The summed E-state index contributed by atoms with van der Waals surface area (Å²) in [7, 11) is 0. The van der Waals surface area contributed by atoms with E-state index in [-0.39, 0.29) is 41.0 Å². The summed E-state index contributed by atoms with van der Waals surface area (Å²) in [4.78, 5) is 4.88. The van der Waals surface area contributed by atoms with Gasteiger partial charge in [-0.2, -0.15) is 5.10 Å². The van der Waals surface area contributed by atoms with E-state index in [4.69, 9.17) is 9.40 Å². The van der Waals surface area contributed by atoms with Gasteiger partial charge in [-0.1, -0.05) is 26.0 Å². The first-order chi connectivity index (χ1) is 16.4. The van der Waals surface area contributed by atoms with Crippen LogP contribution in [0.4, 0.5) is 8.78 Å². The van der Waals surface area contributed by atoms with Gasteiger partial charge in [-0.05, 0) is 60.1 Å². The summed E-state index contributed by atoms with van der Waals surface area (Å²) in [6.07, 6.45) is 1.72. The highest BCUT2D eigenvalue weighted by molar-refractivity contribution is 5.64. The van der Waals surface area contributed by atoms with Gasteiger partial charge in [-0.15, -0.1) is 15.3 Å². The number of benzene rings is 1. The van der Waals surface area contributed by atoms with Crippen LogP contribution in [0.15, 0.2) is 46.9 Å². The molecule has 3 heterocycles. The number of aliphatic hydroxyl groups is 1. The number of rotatable bonds is 4. The third kappa shape index (κ3) is 2.67. The molecule has 3 aromatic heterocycles. The van der Waals surface area contributed by atoms with Crippen molar-refractivity contribution in [3.63, 3.8) is 0 Å². The molecule has 1 saturated carbocycles. The van der Waals surface area contributed by atoms with Crippen LogP contribution in [0, 0.1) is 17.0 Å². The Morgan fingerprint density at radius 3 is 2.50 bits per heavy atom. The molecular formula is C25H21F2N5O2. The van der Waals surface area contributed by atoms with Crippen molar-refractivity contribution in [3.8, 4) is 22.8 Å². The van der Waals surface area contributed by atoms with E-state index in [1.807, 2.05) is 12.1 Å². The summed E-state index contributed by atoms with van der Waals surface area (Å²) in [5.74, 6) is -0.845. The highest BCUT2D eigenvalue weighted by Crippen LogP contribution is 2.69. The highest BCUT2D eigenvalue weighted by Gasteiger charge is 2.65. The molecule has 1 fully saturated rings. The van der Waals surface area contributed by atoms with Crippen LogP contribution < -0.4 is 0 Å². The van der Waals surface area contributed by atoms with Gasteiger partial charge in [0.05, 0.1) is 28.1 Å². The second-order valence-electron chi connectivity index (χ2n) is 9.42. The summed E-state index contributed by atoms with van der Waals surface area (Å²) in [5, 5.41) is 25.9. The molecule has 9 heteroatoms. The molecule has 1 N–H and O–H groups in total. The van der Waals surface area contributed by atoms with Crippen molar-refractivity contribution in [1.29, 1.82) is 0 Å². The van der Waals surface area contributed by atoms with E-state index in [0.29, 0.717) is 5.69 Å². The molecular weight excluding hydrogens is 440 g/mol. The maximum atomic E-state index is 14.4. The lowest BCUT2D eigenvalue weighted by molar-refractivity contribution is 0.240. The predicted molar refractivity (Wildman–Crippen MR) is 117 cm³/mol. The Bertz CT molecular complexity index is 1420. The zero-order chi connectivity index (χ0) is 23.7. The Labute approximate surface area is 193 Å². The summed E-state index contributed by atoms with van der Waals surface area (Å²) in [5.41, 5.74) is 2.30. The summed E-state index contributed by atoms with van der Waals surface area (Å²) < 4.78 is 34.4. The quantitative estimate of drug-likeness (QED) is 0.476. The van der Waals surface area contributed by atoms with Crippen LogP contribution in [0.1, 0.15) is 55.4 Å². The third-order valence-corrected chi connectivity index (χ3v) is 7.61. The van der Waals surface area contributed by atoms with Crippen molar-refractivity contribution in [1.82, 2.24) is 25.4 Å². The van der Waals surface area contributed by atoms with E-state index in [1.54, 1.807) is 12.1 Å². The number of aliphatic hydroxyl groups excluding tert-OH is 1. The Morgan fingerprint density at radius 2 is 1.76 bits per heavy atom. The van der Waals surface area contributed by atoms with Crippen molar-refractivity contribution < 1.29 is 18.3 Å². The second-order valence-corrected chi connectivity index (χ2v) is 9.42. The average Bonchev–Trinajstić information content (AvgIpc) is 3.47. The fraction of sp³-hybridized carbons (Fsp3) is 0.320. The molecule has 0 saturated heterocycles. The molecule has 34 heavy (non-hydrogen) atoms. The van der Waals surface area contributed by atoms with Gasteiger partial charge in [-0.3, -0.25) is 0 Å². The monoisotopic (exact) mass is 461 g/mol. The second kappa shape index (κ2) is 7.20. The molecule has 4 aromatic rings. The van der Waals surface area contributed by atoms with E-state index in [2.05, 4.69) is 34.2 Å². The minimum absolute atomic E-state index is 0.117. The van der Waals surface area contributed by atoms with Crippen molar-refractivity contribution in [2.24, 2.45) is 5.41 Å². The standard InChI is InChI=1S/C25H21F2N5O2/c1-24(2)14-9-10-25(24,19-8-4-7-17(28-19)23-32-30-20(12-33)34-23)22-13(14)11-18(29-31-22)21-15(26)5-3-6-16(21)27/h3-8,11,14,33H,9-10,12H2,1-2H3/t14-,25+/m0/s1. The van der Waals surface area contributed by atoms with Crippen LogP contribution >= 0.6 is 0 Å². The highest BCUT2D eigenvalue weighted by atomic mass is 19.1. The molecule has 0 radical (unpaired) electrons. The lowest BCUT2D eigenvalue weighted by Gasteiger charge is -2.37. The molecule has 2 atom stereocenters. The molecule has 0 spiro atoms. The number of fused-ring (bicyclic) bond motifs is 5. The lowest BCUT2D eigenvalue weighted by atomic mass is 9.66. The molecule has 2 aliphatic carbocycles. The number of halogens is 2. The Morgan fingerprint density at radius 1 is 1.00 bits per heavy atom. The zero-order valence-corrected chi connectivity index (χ0v) is 18.6. The first-order valence-corrected chi connectivity index (χ1v) is 11.1. The van der Waals surface area contributed by atoms with Crippen molar-refractivity contribution in [2.75, 3.05) is 0 Å². The van der Waals surface area contributed by atoms with Gasteiger partial charge < -0.3 is 9.52 Å². The molecule has 0 unspecified atom stereocenters. The van der Waals surface area contributed by atoms with Crippen LogP contribution in [0.25, 0.3) is 22.8 Å². The van der Waals surface area contributed by atoms with E-state index in [0.717, 1.165) is 29.8 Å². The van der Waals surface area contributed by atoms with Crippen molar-refractivity contribution >= 4 is 0 Å². The van der Waals surface area contributed by atoms with Gasteiger partial charge in [0, 0.05) is 0 Å². The van der Waals surface area contributed by atoms with E-state index in [1.165, 1.54) is 18.2 Å². The maximum absolute atomic E-state index is 14.4. The molecule has 1 aromatic carbocycles. The Hall–Kier alpha value is -3.59. The van der Waals surface area contributed by atoms with Gasteiger partial charge in [0.1, 0.15) is 23.9 Å². The number of pyridine rings is 1. The van der Waals surface area contributed by atoms with Crippen LogP contribution in [-0.2, 0) is 12.0 Å². The molecule has 0 amide bonds. The molecule has 2 aliphatic rings. The van der Waals surface area contributed by atoms with E-state index in [9.17, 15) is 13.9 Å². The van der Waals surface area contributed by atoms with Gasteiger partial charge in [0.2, 0.25) is 5.89 Å². The van der Waals surface area contributed by atoms with Crippen molar-refractivity contribution in [3.05, 3.63) is 76.9 Å². The van der Waals surface area contributed by atoms with Crippen molar-refractivity contribution in [2.45, 2.75) is 44.6 Å². The number of nitrogens with zero attached hydrogens (tertiary/aromatic N) is 5. The maximum Gasteiger partial charge on any atom is 0.266 e. The normalized spacial score (nSPS) is 22.2. The largest absolute Gasteiger partial charge is 0.417 e. The van der Waals surface area contributed by atoms with Gasteiger partial charge in [-0.25, -0.2) is 13.8 Å². The molecule has 6 rings (SSSR count). The predicted octanol–water partition coefficient (Wildman–Crippen LogP) is 4.56. The van der Waals surface area contributed by atoms with Gasteiger partial charge in [0.15, 0.2) is 0 Å². The topological polar surface area (TPSA) is 97.8 Å². The minimum Gasteiger partial charge on any atom is -0.417 e. The number of hydrogen-bond acceptors (Lipinski definition) is 7. The fourth-order valence-electron chi connectivity index (χ4n) is 5.97. The SMILES string of the molecule is CC1(C)[C@H]2CC[C@@]1(c1cccc(-c3nnc(CO)o3)n1)c1nnc(-c3c(F)cccc3F)cc12. The number of aromatic nitrogens is 5. The van der Waals surface area contributed by atoms with E-state index >= 15 is 0 Å². The number of hydrogen-bond donors (Lipinski definition) is 1. The van der Waals surface area contributed by atoms with Gasteiger partial charge in [0.25, 0.3) is 5.89 Å². The first kappa shape index (κ1) is 21.0. The third-order valence-electron chi connectivity index (χ3n) is 7.61. The van der Waals surface area contributed by atoms with Gasteiger partial charge >= 0.3 is 0 Å².